The van der Waals surface area contributed by atoms with Crippen LogP contribution in [0.3, 0.4) is 0 Å². The number of anilines is 1. The minimum atomic E-state index is -0.112. The van der Waals surface area contributed by atoms with Crippen molar-refractivity contribution in [3.05, 3.63) is 42.1 Å². The Kier molecular flexibility index (Phi) is 4.10. The van der Waals surface area contributed by atoms with E-state index >= 15 is 0 Å². The Morgan fingerprint density at radius 3 is 2.37 bits per heavy atom. The molecule has 0 amide bonds. The lowest BCUT2D eigenvalue weighted by atomic mass is 9.97. The van der Waals surface area contributed by atoms with Crippen molar-refractivity contribution in [2.75, 3.05) is 19.2 Å². The summed E-state index contributed by atoms with van der Waals surface area (Å²) >= 11 is 0. The second-order valence-corrected chi connectivity index (χ2v) is 7.85. The molecule has 0 saturated carbocycles. The molecule has 1 aliphatic heterocycles. The van der Waals surface area contributed by atoms with E-state index in [-0.39, 0.29) is 12.3 Å². The highest BCUT2D eigenvalue weighted by Gasteiger charge is 2.21. The second kappa shape index (κ2) is 6.34. The van der Waals surface area contributed by atoms with Crippen LogP contribution in [0, 0.1) is 6.92 Å². The summed E-state index contributed by atoms with van der Waals surface area (Å²) < 4.78 is 16.8. The highest BCUT2D eigenvalue weighted by molar-refractivity contribution is 6.04. The highest BCUT2D eigenvalue weighted by atomic mass is 16.7. The number of ether oxygens (including phenoxy) is 3. The number of nitrogens with one attached hydrogen (secondary N) is 1. The molecule has 4 rings (SSSR count). The van der Waals surface area contributed by atoms with E-state index < -0.39 is 0 Å². The second-order valence-electron chi connectivity index (χ2n) is 7.85. The molecule has 2 heterocycles. The molecule has 5 heteroatoms. The van der Waals surface area contributed by atoms with E-state index in [2.05, 4.69) is 39.1 Å². The van der Waals surface area contributed by atoms with Crippen LogP contribution in [0.4, 0.5) is 5.82 Å². The zero-order valence-corrected chi connectivity index (χ0v) is 16.3. The zero-order chi connectivity index (χ0) is 19.2. The van der Waals surface area contributed by atoms with Crippen molar-refractivity contribution in [3.8, 4) is 28.4 Å². The quantitative estimate of drug-likeness (QED) is 0.696. The summed E-state index contributed by atoms with van der Waals surface area (Å²) in [6.45, 7) is 8.66. The molecule has 5 nitrogen and oxygen atoms in total. The first kappa shape index (κ1) is 17.5. The molecule has 0 saturated heterocycles. The van der Waals surface area contributed by atoms with Crippen molar-refractivity contribution in [1.29, 1.82) is 0 Å². The highest BCUT2D eigenvalue weighted by Crippen LogP contribution is 2.43. The Bertz CT molecular complexity index is 1020. The predicted molar refractivity (Wildman–Crippen MR) is 108 cm³/mol. The Balaban J connectivity index is 2.00. The van der Waals surface area contributed by atoms with Crippen molar-refractivity contribution in [1.82, 2.24) is 4.98 Å². The van der Waals surface area contributed by atoms with Crippen molar-refractivity contribution >= 4 is 16.6 Å². The maximum Gasteiger partial charge on any atom is 0.231 e. The van der Waals surface area contributed by atoms with Gasteiger partial charge in [-0.25, -0.2) is 4.98 Å². The average molecular weight is 364 g/mol. The number of pyridine rings is 1. The molecular formula is C22H24N2O3. The Hall–Kier alpha value is -2.95. The monoisotopic (exact) mass is 364 g/mol. The van der Waals surface area contributed by atoms with Crippen LogP contribution < -0.4 is 19.5 Å². The lowest BCUT2D eigenvalue weighted by molar-refractivity contribution is 0.174. The van der Waals surface area contributed by atoms with Crippen LogP contribution in [0.1, 0.15) is 26.3 Å². The van der Waals surface area contributed by atoms with E-state index in [1.54, 1.807) is 7.11 Å². The molecular weight excluding hydrogens is 340 g/mol. The molecule has 0 bridgehead atoms. The van der Waals surface area contributed by atoms with Gasteiger partial charge in [0.2, 0.25) is 6.79 Å². The third-order valence-corrected chi connectivity index (χ3v) is 4.52. The molecule has 0 radical (unpaired) electrons. The van der Waals surface area contributed by atoms with E-state index in [0.717, 1.165) is 50.5 Å². The van der Waals surface area contributed by atoms with Gasteiger partial charge < -0.3 is 19.5 Å². The number of benzene rings is 2. The van der Waals surface area contributed by atoms with Gasteiger partial charge in [0.25, 0.3) is 0 Å². The summed E-state index contributed by atoms with van der Waals surface area (Å²) in [4.78, 5) is 4.74. The number of hydrogen-bond acceptors (Lipinski definition) is 5. The van der Waals surface area contributed by atoms with Gasteiger partial charge in [0, 0.05) is 28.2 Å². The summed E-state index contributed by atoms with van der Waals surface area (Å²) in [5, 5.41) is 5.54. The van der Waals surface area contributed by atoms with Gasteiger partial charge in [0.15, 0.2) is 11.5 Å². The topological polar surface area (TPSA) is 52.6 Å². The number of nitrogens with zero attached hydrogens (tertiary/aromatic N) is 1. The van der Waals surface area contributed by atoms with Crippen LogP contribution >= 0.6 is 0 Å². The lowest BCUT2D eigenvalue weighted by Gasteiger charge is -2.23. The summed E-state index contributed by atoms with van der Waals surface area (Å²) in [7, 11) is 1.69. The molecule has 1 aliphatic rings. The summed E-state index contributed by atoms with van der Waals surface area (Å²) in [6, 6.07) is 10.2. The Morgan fingerprint density at radius 2 is 1.70 bits per heavy atom. The van der Waals surface area contributed by atoms with Crippen molar-refractivity contribution < 1.29 is 14.2 Å². The standard InChI is InChI=1S/C22H24N2O3/c1-13-6-7-18(25-5)15(8-13)17-11-23-21(24-22(2,3)4)16-10-20-19(9-14(16)17)26-12-27-20/h6-11H,12H2,1-5H3,(H,23,24). The number of rotatable bonds is 3. The number of hydrogen-bond donors (Lipinski definition) is 1. The first-order chi connectivity index (χ1) is 12.9. The molecule has 0 aliphatic carbocycles. The summed E-state index contributed by atoms with van der Waals surface area (Å²) in [5.41, 5.74) is 3.06. The molecule has 0 spiro atoms. The lowest BCUT2D eigenvalue weighted by Crippen LogP contribution is -2.26. The van der Waals surface area contributed by atoms with Crippen LogP contribution in [0.25, 0.3) is 21.9 Å². The fourth-order valence-electron chi connectivity index (χ4n) is 3.33. The fraction of sp³-hybridized carbons (Fsp3) is 0.318. The maximum atomic E-state index is 5.62. The minimum Gasteiger partial charge on any atom is -0.496 e. The first-order valence-corrected chi connectivity index (χ1v) is 9.01. The molecule has 27 heavy (non-hydrogen) atoms. The van der Waals surface area contributed by atoms with Crippen molar-refractivity contribution in [2.45, 2.75) is 33.2 Å². The maximum absolute atomic E-state index is 5.62. The number of fused-ring (bicyclic) bond motifs is 2. The molecule has 3 aromatic rings. The van der Waals surface area contributed by atoms with Crippen LogP contribution in [0.15, 0.2) is 36.5 Å². The van der Waals surface area contributed by atoms with Gasteiger partial charge in [-0.05, 0) is 57.3 Å². The molecule has 2 aromatic carbocycles. The largest absolute Gasteiger partial charge is 0.496 e. The minimum absolute atomic E-state index is 0.112. The Labute approximate surface area is 159 Å². The van der Waals surface area contributed by atoms with Crippen LogP contribution in [-0.2, 0) is 0 Å². The molecule has 0 fully saturated rings. The molecule has 0 atom stereocenters. The Morgan fingerprint density at radius 1 is 1.00 bits per heavy atom. The normalized spacial score (nSPS) is 13.1. The van der Waals surface area contributed by atoms with Crippen molar-refractivity contribution in [3.63, 3.8) is 0 Å². The van der Waals surface area contributed by atoms with Gasteiger partial charge in [-0.1, -0.05) is 11.6 Å². The molecule has 140 valence electrons. The number of methoxy groups -OCH3 is 1. The van der Waals surface area contributed by atoms with Crippen LogP contribution in [0.5, 0.6) is 17.2 Å². The summed E-state index contributed by atoms with van der Waals surface area (Å²) in [5.74, 6) is 3.14. The third-order valence-electron chi connectivity index (χ3n) is 4.52. The summed E-state index contributed by atoms with van der Waals surface area (Å²) in [6.07, 6.45) is 1.90. The van der Waals surface area contributed by atoms with E-state index in [1.807, 2.05) is 30.5 Å². The van der Waals surface area contributed by atoms with Gasteiger partial charge in [-0.2, -0.15) is 0 Å². The third kappa shape index (κ3) is 3.25. The zero-order valence-electron chi connectivity index (χ0n) is 16.3. The average Bonchev–Trinajstić information content (AvgIpc) is 3.06. The van der Waals surface area contributed by atoms with E-state index in [1.165, 1.54) is 0 Å². The SMILES string of the molecule is COc1ccc(C)cc1-c1cnc(NC(C)(C)C)c2cc3c(cc12)OCO3. The van der Waals surface area contributed by atoms with E-state index in [4.69, 9.17) is 19.2 Å². The molecule has 1 aromatic heterocycles. The molecule has 1 N–H and O–H groups in total. The van der Waals surface area contributed by atoms with Gasteiger partial charge in [0.1, 0.15) is 11.6 Å². The van der Waals surface area contributed by atoms with Gasteiger partial charge >= 0.3 is 0 Å². The molecule has 0 unspecified atom stereocenters. The van der Waals surface area contributed by atoms with Crippen LogP contribution in [-0.4, -0.2) is 24.4 Å². The van der Waals surface area contributed by atoms with Gasteiger partial charge in [-0.15, -0.1) is 0 Å². The number of aromatic nitrogens is 1. The fourth-order valence-corrected chi connectivity index (χ4v) is 3.33. The smallest absolute Gasteiger partial charge is 0.231 e. The first-order valence-electron chi connectivity index (χ1n) is 9.01. The van der Waals surface area contributed by atoms with Crippen molar-refractivity contribution in [2.24, 2.45) is 0 Å². The van der Waals surface area contributed by atoms with E-state index in [9.17, 15) is 0 Å². The predicted octanol–water partition coefficient (Wildman–Crippen LogP) is 5.16. The van der Waals surface area contributed by atoms with Gasteiger partial charge in [0.05, 0.1) is 7.11 Å². The van der Waals surface area contributed by atoms with Gasteiger partial charge in [-0.3, -0.25) is 0 Å². The van der Waals surface area contributed by atoms with E-state index in [0.29, 0.717) is 0 Å². The van der Waals surface area contributed by atoms with Crippen LogP contribution in [0.2, 0.25) is 0 Å². The number of aryl methyl sites for hydroxylation is 1.